The fourth-order valence-corrected chi connectivity index (χ4v) is 3.47. The number of hydrogen-bond donors (Lipinski definition) is 1. The van der Waals surface area contributed by atoms with Crippen molar-refractivity contribution in [2.24, 2.45) is 5.73 Å². The van der Waals surface area contributed by atoms with Gasteiger partial charge in [0.2, 0.25) is 0 Å². The van der Waals surface area contributed by atoms with E-state index in [0.717, 1.165) is 13.2 Å². The van der Waals surface area contributed by atoms with Gasteiger partial charge in [0.1, 0.15) is 0 Å². The summed E-state index contributed by atoms with van der Waals surface area (Å²) in [5, 5.41) is 0. The molecule has 0 bridgehead atoms. The van der Waals surface area contributed by atoms with Gasteiger partial charge >= 0.3 is 0 Å². The average molecular weight is 254 g/mol. The second kappa shape index (κ2) is 6.88. The molecule has 1 saturated carbocycles. The van der Waals surface area contributed by atoms with E-state index in [1.54, 1.807) is 0 Å². The summed E-state index contributed by atoms with van der Waals surface area (Å²) in [6, 6.07) is 0. The zero-order chi connectivity index (χ0) is 12.8. The van der Waals surface area contributed by atoms with Crippen molar-refractivity contribution >= 4 is 0 Å². The monoisotopic (exact) mass is 254 g/mol. The predicted molar refractivity (Wildman–Crippen MR) is 75.7 cm³/mol. The van der Waals surface area contributed by atoms with Gasteiger partial charge in [0, 0.05) is 18.7 Å². The minimum absolute atomic E-state index is 0.136. The molecule has 1 saturated heterocycles. The van der Waals surface area contributed by atoms with Gasteiger partial charge in [0.05, 0.1) is 6.10 Å². The van der Waals surface area contributed by atoms with Crippen LogP contribution in [-0.4, -0.2) is 42.8 Å². The van der Waals surface area contributed by atoms with E-state index in [4.69, 9.17) is 10.5 Å². The Morgan fingerprint density at radius 1 is 1.22 bits per heavy atom. The predicted octanol–water partition coefficient (Wildman–Crippen LogP) is 2.54. The first-order chi connectivity index (χ1) is 8.72. The summed E-state index contributed by atoms with van der Waals surface area (Å²) in [6.07, 6.45) is 10.7. The molecular formula is C15H30N2O. The number of nitrogens with two attached hydrogens (primary N) is 1. The maximum absolute atomic E-state index is 6.51. The molecule has 2 rings (SSSR count). The van der Waals surface area contributed by atoms with E-state index in [1.165, 1.54) is 64.5 Å². The van der Waals surface area contributed by atoms with Gasteiger partial charge in [-0.05, 0) is 52.1 Å². The van der Waals surface area contributed by atoms with Crippen molar-refractivity contribution in [2.75, 3.05) is 26.2 Å². The fourth-order valence-electron chi connectivity index (χ4n) is 3.47. The normalized spacial score (nSPS) is 29.3. The van der Waals surface area contributed by atoms with Crippen LogP contribution in [0.15, 0.2) is 0 Å². The maximum atomic E-state index is 6.51. The first-order valence-electron chi connectivity index (χ1n) is 7.85. The zero-order valence-electron chi connectivity index (χ0n) is 12.0. The summed E-state index contributed by atoms with van der Waals surface area (Å²) in [6.45, 7) is 6.46. The molecule has 18 heavy (non-hydrogen) atoms. The molecule has 1 unspecified atom stereocenters. The summed E-state index contributed by atoms with van der Waals surface area (Å²) < 4.78 is 5.76. The molecule has 3 nitrogen and oxygen atoms in total. The van der Waals surface area contributed by atoms with E-state index < -0.39 is 0 Å². The Labute approximate surface area is 112 Å². The summed E-state index contributed by atoms with van der Waals surface area (Å²) in [5.41, 5.74) is 6.65. The van der Waals surface area contributed by atoms with Crippen molar-refractivity contribution in [1.29, 1.82) is 0 Å². The highest BCUT2D eigenvalue weighted by Crippen LogP contribution is 2.29. The molecule has 0 radical (unpaired) electrons. The Balaban J connectivity index is 1.72. The lowest BCUT2D eigenvalue weighted by molar-refractivity contribution is 0.00358. The van der Waals surface area contributed by atoms with Crippen molar-refractivity contribution in [3.05, 3.63) is 0 Å². The van der Waals surface area contributed by atoms with Gasteiger partial charge in [-0.1, -0.05) is 19.3 Å². The van der Waals surface area contributed by atoms with Crippen LogP contribution in [-0.2, 0) is 4.74 Å². The smallest absolute Gasteiger partial charge is 0.0702 e. The third kappa shape index (κ3) is 4.22. The van der Waals surface area contributed by atoms with Gasteiger partial charge in [0.25, 0.3) is 0 Å². The van der Waals surface area contributed by atoms with E-state index in [2.05, 4.69) is 11.8 Å². The lowest BCUT2D eigenvalue weighted by Gasteiger charge is -2.38. The van der Waals surface area contributed by atoms with Crippen molar-refractivity contribution in [3.8, 4) is 0 Å². The second-order valence-electron chi connectivity index (χ2n) is 6.19. The Morgan fingerprint density at radius 3 is 2.72 bits per heavy atom. The highest BCUT2D eigenvalue weighted by molar-refractivity contribution is 4.88. The SMILES string of the molecule is CCOC1CCCN(CCC2(N)CCCCC2)C1. The molecule has 0 aromatic rings. The van der Waals surface area contributed by atoms with Gasteiger partial charge in [-0.2, -0.15) is 0 Å². The second-order valence-corrected chi connectivity index (χ2v) is 6.19. The molecule has 106 valence electrons. The van der Waals surface area contributed by atoms with Crippen molar-refractivity contribution in [1.82, 2.24) is 4.90 Å². The molecule has 0 aromatic heterocycles. The van der Waals surface area contributed by atoms with Gasteiger partial charge < -0.3 is 15.4 Å². The van der Waals surface area contributed by atoms with Gasteiger partial charge in [-0.3, -0.25) is 0 Å². The molecule has 2 aliphatic rings. The Bertz CT molecular complexity index is 237. The average Bonchev–Trinajstić information content (AvgIpc) is 2.38. The summed E-state index contributed by atoms with van der Waals surface area (Å²) in [4.78, 5) is 2.56. The standard InChI is InChI=1S/C15H30N2O/c1-2-18-14-7-6-11-17(13-14)12-10-15(16)8-4-3-5-9-15/h14H,2-13,16H2,1H3. The summed E-state index contributed by atoms with van der Waals surface area (Å²) in [7, 11) is 0. The maximum Gasteiger partial charge on any atom is 0.0702 e. The van der Waals surface area contributed by atoms with Gasteiger partial charge in [-0.25, -0.2) is 0 Å². The number of rotatable bonds is 5. The fraction of sp³-hybridized carbons (Fsp3) is 1.00. The van der Waals surface area contributed by atoms with Crippen molar-refractivity contribution in [3.63, 3.8) is 0 Å². The molecule has 3 heteroatoms. The lowest BCUT2D eigenvalue weighted by atomic mass is 9.80. The molecule has 0 aromatic carbocycles. The third-order valence-corrected chi connectivity index (χ3v) is 4.64. The molecule has 1 heterocycles. The topological polar surface area (TPSA) is 38.5 Å². The van der Waals surface area contributed by atoms with Crippen molar-refractivity contribution < 1.29 is 4.74 Å². The minimum atomic E-state index is 0.136. The highest BCUT2D eigenvalue weighted by atomic mass is 16.5. The molecule has 1 atom stereocenters. The number of nitrogens with zero attached hydrogens (tertiary/aromatic N) is 1. The number of ether oxygens (including phenoxy) is 1. The van der Waals surface area contributed by atoms with Crippen molar-refractivity contribution in [2.45, 2.75) is 69.9 Å². The minimum Gasteiger partial charge on any atom is -0.377 e. The Morgan fingerprint density at radius 2 is 2.00 bits per heavy atom. The summed E-state index contributed by atoms with van der Waals surface area (Å²) in [5.74, 6) is 0. The van der Waals surface area contributed by atoms with E-state index in [9.17, 15) is 0 Å². The van der Waals surface area contributed by atoms with Crippen LogP contribution in [0, 0.1) is 0 Å². The van der Waals surface area contributed by atoms with Crippen LogP contribution < -0.4 is 5.73 Å². The quantitative estimate of drug-likeness (QED) is 0.819. The number of piperidine rings is 1. The van der Waals surface area contributed by atoms with E-state index in [1.807, 2.05) is 0 Å². The van der Waals surface area contributed by atoms with E-state index >= 15 is 0 Å². The molecule has 2 N–H and O–H groups in total. The van der Waals surface area contributed by atoms with Gasteiger partial charge in [0.15, 0.2) is 0 Å². The molecule has 1 aliphatic carbocycles. The van der Waals surface area contributed by atoms with Gasteiger partial charge in [-0.15, -0.1) is 0 Å². The Kier molecular flexibility index (Phi) is 5.46. The van der Waals surface area contributed by atoms with Crippen LogP contribution in [0.4, 0.5) is 0 Å². The van der Waals surface area contributed by atoms with E-state index in [-0.39, 0.29) is 5.54 Å². The molecule has 2 fully saturated rings. The highest BCUT2D eigenvalue weighted by Gasteiger charge is 2.28. The number of hydrogen-bond acceptors (Lipinski definition) is 3. The third-order valence-electron chi connectivity index (χ3n) is 4.64. The molecular weight excluding hydrogens is 224 g/mol. The van der Waals surface area contributed by atoms with Crippen LogP contribution >= 0.6 is 0 Å². The largest absolute Gasteiger partial charge is 0.377 e. The Hall–Kier alpha value is -0.120. The molecule has 0 spiro atoms. The lowest BCUT2D eigenvalue weighted by Crippen LogP contribution is -2.47. The number of likely N-dealkylation sites (tertiary alicyclic amines) is 1. The first kappa shape index (κ1) is 14.3. The zero-order valence-corrected chi connectivity index (χ0v) is 12.0. The summed E-state index contributed by atoms with van der Waals surface area (Å²) >= 11 is 0. The molecule has 1 aliphatic heterocycles. The van der Waals surface area contributed by atoms with Crippen LogP contribution in [0.1, 0.15) is 58.3 Å². The first-order valence-corrected chi connectivity index (χ1v) is 7.85. The van der Waals surface area contributed by atoms with Crippen LogP contribution in [0.2, 0.25) is 0 Å². The van der Waals surface area contributed by atoms with E-state index in [0.29, 0.717) is 6.10 Å². The van der Waals surface area contributed by atoms with Crippen LogP contribution in [0.25, 0.3) is 0 Å². The van der Waals surface area contributed by atoms with Crippen LogP contribution in [0.3, 0.4) is 0 Å². The molecule has 0 amide bonds. The van der Waals surface area contributed by atoms with Crippen LogP contribution in [0.5, 0.6) is 0 Å².